The smallest absolute Gasteiger partial charge is 0.0640 e. The highest BCUT2D eigenvalue weighted by Gasteiger charge is 2.19. The van der Waals surface area contributed by atoms with Gasteiger partial charge in [-0.25, -0.2) is 0 Å². The molecule has 1 atom stereocenters. The van der Waals surface area contributed by atoms with Crippen LogP contribution in [0.4, 0.5) is 0 Å². The van der Waals surface area contributed by atoms with Gasteiger partial charge in [0.05, 0.1) is 5.69 Å². The molecule has 1 saturated heterocycles. The Morgan fingerprint density at radius 1 is 1.40 bits per heavy atom. The largest absolute Gasteiger partial charge is 0.314 e. The number of rotatable bonds is 7. The Bertz CT molecular complexity index is 383. The Morgan fingerprint density at radius 3 is 2.75 bits per heavy atom. The Kier molecular flexibility index (Phi) is 6.43. The van der Waals surface area contributed by atoms with Crippen molar-refractivity contribution < 1.29 is 0 Å². The van der Waals surface area contributed by atoms with E-state index in [-0.39, 0.29) is 0 Å². The molecular formula is C16H29N3S. The lowest BCUT2D eigenvalue weighted by Crippen LogP contribution is -2.34. The van der Waals surface area contributed by atoms with Crippen LogP contribution in [-0.4, -0.2) is 33.9 Å². The van der Waals surface area contributed by atoms with Crippen LogP contribution in [-0.2, 0) is 6.42 Å². The van der Waals surface area contributed by atoms with Crippen molar-refractivity contribution >= 4 is 11.8 Å². The highest BCUT2D eigenvalue weighted by Crippen LogP contribution is 2.27. The van der Waals surface area contributed by atoms with Crippen molar-refractivity contribution in [2.24, 2.45) is 5.92 Å². The molecule has 1 aromatic rings. The zero-order valence-electron chi connectivity index (χ0n) is 13.1. The van der Waals surface area contributed by atoms with Gasteiger partial charge in [-0.05, 0) is 63.1 Å². The highest BCUT2D eigenvalue weighted by molar-refractivity contribution is 7.99. The van der Waals surface area contributed by atoms with Crippen LogP contribution >= 0.6 is 11.8 Å². The van der Waals surface area contributed by atoms with Crippen molar-refractivity contribution in [3.05, 3.63) is 18.0 Å². The summed E-state index contributed by atoms with van der Waals surface area (Å²) >= 11 is 2.11. The molecule has 1 N–H and O–H groups in total. The van der Waals surface area contributed by atoms with E-state index in [4.69, 9.17) is 5.10 Å². The van der Waals surface area contributed by atoms with Gasteiger partial charge in [-0.1, -0.05) is 6.92 Å². The molecule has 1 fully saturated rings. The normalized spacial score (nSPS) is 18.6. The Morgan fingerprint density at radius 2 is 2.15 bits per heavy atom. The molecule has 114 valence electrons. The van der Waals surface area contributed by atoms with Crippen LogP contribution in [0, 0.1) is 5.92 Å². The molecule has 0 aliphatic carbocycles. The molecule has 1 aromatic heterocycles. The fraction of sp³-hybridized carbons (Fsp3) is 0.812. The van der Waals surface area contributed by atoms with Crippen molar-refractivity contribution in [3.63, 3.8) is 0 Å². The summed E-state index contributed by atoms with van der Waals surface area (Å²) in [5.41, 5.74) is 1.23. The first-order valence-electron chi connectivity index (χ1n) is 8.04. The minimum Gasteiger partial charge on any atom is -0.314 e. The molecule has 1 unspecified atom stereocenters. The van der Waals surface area contributed by atoms with Gasteiger partial charge in [-0.15, -0.1) is 0 Å². The molecule has 0 radical (unpaired) electrons. The van der Waals surface area contributed by atoms with E-state index >= 15 is 0 Å². The van der Waals surface area contributed by atoms with E-state index < -0.39 is 0 Å². The molecule has 0 bridgehead atoms. The van der Waals surface area contributed by atoms with Crippen LogP contribution in [0.15, 0.2) is 12.3 Å². The van der Waals surface area contributed by atoms with Crippen LogP contribution in [0.1, 0.15) is 51.8 Å². The average molecular weight is 295 g/mol. The molecule has 0 amide bonds. The summed E-state index contributed by atoms with van der Waals surface area (Å²) in [5, 5.41) is 8.36. The van der Waals surface area contributed by atoms with Crippen LogP contribution in [0.3, 0.4) is 0 Å². The Hall–Kier alpha value is -0.480. The van der Waals surface area contributed by atoms with E-state index in [1.807, 2.05) is 0 Å². The maximum atomic E-state index is 4.70. The number of likely N-dealkylation sites (N-methyl/N-ethyl adjacent to an activating group) is 1. The van der Waals surface area contributed by atoms with E-state index in [0.29, 0.717) is 12.1 Å². The quantitative estimate of drug-likeness (QED) is 0.835. The summed E-state index contributed by atoms with van der Waals surface area (Å²) in [6, 6.07) is 3.22. The first-order chi connectivity index (χ1) is 9.69. The van der Waals surface area contributed by atoms with Crippen molar-refractivity contribution in [3.8, 4) is 0 Å². The van der Waals surface area contributed by atoms with E-state index in [1.54, 1.807) is 0 Å². The van der Waals surface area contributed by atoms with E-state index in [9.17, 15) is 0 Å². The second-order valence-electron chi connectivity index (χ2n) is 6.13. The number of nitrogens with one attached hydrogen (secondary N) is 1. The maximum Gasteiger partial charge on any atom is 0.0640 e. The summed E-state index contributed by atoms with van der Waals surface area (Å²) in [4.78, 5) is 0. The SMILES string of the molecule is CCNC(Cc1ccn(C(C)C)n1)CC1CCSCC1. The molecule has 20 heavy (non-hydrogen) atoms. The topological polar surface area (TPSA) is 29.9 Å². The van der Waals surface area contributed by atoms with Gasteiger partial charge in [-0.2, -0.15) is 16.9 Å². The fourth-order valence-electron chi connectivity index (χ4n) is 2.94. The molecule has 2 rings (SSSR count). The number of hydrogen-bond donors (Lipinski definition) is 1. The van der Waals surface area contributed by atoms with Gasteiger partial charge in [0.1, 0.15) is 0 Å². The first kappa shape index (κ1) is 15.9. The van der Waals surface area contributed by atoms with Crippen molar-refractivity contribution in [1.29, 1.82) is 0 Å². The molecule has 2 heterocycles. The first-order valence-corrected chi connectivity index (χ1v) is 9.19. The zero-order chi connectivity index (χ0) is 14.4. The molecule has 0 saturated carbocycles. The summed E-state index contributed by atoms with van der Waals surface area (Å²) in [7, 11) is 0. The second-order valence-corrected chi connectivity index (χ2v) is 7.36. The number of nitrogens with zero attached hydrogens (tertiary/aromatic N) is 2. The van der Waals surface area contributed by atoms with Gasteiger partial charge >= 0.3 is 0 Å². The van der Waals surface area contributed by atoms with Crippen LogP contribution in [0.25, 0.3) is 0 Å². The molecule has 0 spiro atoms. The average Bonchev–Trinajstić information content (AvgIpc) is 2.89. The van der Waals surface area contributed by atoms with Gasteiger partial charge in [0, 0.05) is 24.7 Å². The number of aromatic nitrogens is 2. The molecule has 4 heteroatoms. The van der Waals surface area contributed by atoms with Crippen molar-refractivity contribution in [2.45, 2.75) is 58.5 Å². The molecule has 3 nitrogen and oxygen atoms in total. The van der Waals surface area contributed by atoms with Gasteiger partial charge in [-0.3, -0.25) is 4.68 Å². The van der Waals surface area contributed by atoms with Gasteiger partial charge in [0.15, 0.2) is 0 Å². The summed E-state index contributed by atoms with van der Waals surface area (Å²) in [5.74, 6) is 3.62. The van der Waals surface area contributed by atoms with Crippen LogP contribution in [0.2, 0.25) is 0 Å². The molecule has 1 aliphatic rings. The third-order valence-electron chi connectivity index (χ3n) is 4.10. The molecule has 0 aromatic carbocycles. The molecule has 1 aliphatic heterocycles. The van der Waals surface area contributed by atoms with Crippen LogP contribution < -0.4 is 5.32 Å². The lowest BCUT2D eigenvalue weighted by Gasteiger charge is -2.26. The summed E-state index contributed by atoms with van der Waals surface area (Å²) in [6.07, 6.45) is 7.28. The maximum absolute atomic E-state index is 4.70. The van der Waals surface area contributed by atoms with Gasteiger partial charge < -0.3 is 5.32 Å². The second kappa shape index (κ2) is 8.08. The summed E-state index contributed by atoms with van der Waals surface area (Å²) < 4.78 is 2.07. The lowest BCUT2D eigenvalue weighted by molar-refractivity contribution is 0.363. The number of thioether (sulfide) groups is 1. The lowest BCUT2D eigenvalue weighted by atomic mass is 9.92. The zero-order valence-corrected chi connectivity index (χ0v) is 14.0. The molecular weight excluding hydrogens is 266 g/mol. The highest BCUT2D eigenvalue weighted by atomic mass is 32.2. The minimum atomic E-state index is 0.455. The predicted molar refractivity (Wildman–Crippen MR) is 88.4 cm³/mol. The van der Waals surface area contributed by atoms with E-state index in [0.717, 1.165) is 18.9 Å². The van der Waals surface area contributed by atoms with Gasteiger partial charge in [0.2, 0.25) is 0 Å². The Balaban J connectivity index is 1.89. The fourth-order valence-corrected chi connectivity index (χ4v) is 4.14. The van der Waals surface area contributed by atoms with E-state index in [2.05, 4.69) is 54.8 Å². The standard InChI is InChI=1S/C16H29N3S/c1-4-17-16(11-14-6-9-20-10-7-14)12-15-5-8-19(18-15)13(2)3/h5,8,13-14,16-17H,4,6-7,9-12H2,1-3H3. The third-order valence-corrected chi connectivity index (χ3v) is 5.15. The summed E-state index contributed by atoms with van der Waals surface area (Å²) in [6.45, 7) is 7.62. The number of hydrogen-bond acceptors (Lipinski definition) is 3. The predicted octanol–water partition coefficient (Wildman–Crippen LogP) is 3.52. The van der Waals surface area contributed by atoms with Crippen molar-refractivity contribution in [2.75, 3.05) is 18.1 Å². The third kappa shape index (κ3) is 4.81. The van der Waals surface area contributed by atoms with Crippen LogP contribution in [0.5, 0.6) is 0 Å². The monoisotopic (exact) mass is 295 g/mol. The van der Waals surface area contributed by atoms with E-state index in [1.165, 1.54) is 36.5 Å². The van der Waals surface area contributed by atoms with Gasteiger partial charge in [0.25, 0.3) is 0 Å². The van der Waals surface area contributed by atoms with Crippen molar-refractivity contribution in [1.82, 2.24) is 15.1 Å². The Labute approximate surface area is 127 Å². The minimum absolute atomic E-state index is 0.455.